The van der Waals surface area contributed by atoms with Crippen molar-refractivity contribution in [3.05, 3.63) is 142 Å². The highest BCUT2D eigenvalue weighted by Gasteiger charge is 2.44. The van der Waals surface area contributed by atoms with E-state index in [-0.39, 0.29) is 10.8 Å². The average molecular weight is 1220 g/mol. The molecule has 0 spiro atoms. The molecular weight excluding hydrogens is 1120 g/mol. The number of hydrogen-bond donors (Lipinski definition) is 0. The molecule has 4 aromatic heterocycles. The van der Waals surface area contributed by atoms with Crippen LogP contribution in [0.4, 0.5) is 0 Å². The first-order valence-electron chi connectivity index (χ1n) is 36.6. The zero-order valence-electron chi connectivity index (χ0n) is 56.3. The van der Waals surface area contributed by atoms with Gasteiger partial charge in [0.15, 0.2) is 0 Å². The summed E-state index contributed by atoms with van der Waals surface area (Å²) >= 11 is 3.95. The van der Waals surface area contributed by atoms with Crippen molar-refractivity contribution in [3.63, 3.8) is 0 Å². The van der Waals surface area contributed by atoms with Crippen LogP contribution in [0.2, 0.25) is 0 Å². The number of aryl methyl sites for hydroxylation is 3. The van der Waals surface area contributed by atoms with E-state index in [4.69, 9.17) is 9.97 Å². The third kappa shape index (κ3) is 14.0. The van der Waals surface area contributed by atoms with E-state index < -0.39 is 0 Å². The number of nitrogens with zero attached hydrogens (tertiary/aromatic N) is 3. The Morgan fingerprint density at radius 3 is 1.20 bits per heavy atom. The Bertz CT molecular complexity index is 3720. The zero-order chi connectivity index (χ0) is 61.6. The molecule has 4 heterocycles. The van der Waals surface area contributed by atoms with Crippen molar-refractivity contribution in [1.29, 1.82) is 0 Å². The van der Waals surface area contributed by atoms with Gasteiger partial charge in [0.2, 0.25) is 0 Å². The first kappa shape index (κ1) is 65.1. The lowest BCUT2D eigenvalue weighted by Gasteiger charge is -2.33. The quantitative estimate of drug-likeness (QED) is 0.0361. The first-order chi connectivity index (χ1) is 43.8. The average Bonchev–Trinajstić information content (AvgIpc) is 2.31. The highest BCUT2D eigenvalue weighted by Crippen LogP contribution is 2.58. The molecule has 0 radical (unpaired) electrons. The molecule has 3 nitrogen and oxygen atoms in total. The van der Waals surface area contributed by atoms with Crippen LogP contribution in [0.5, 0.6) is 0 Å². The van der Waals surface area contributed by atoms with E-state index in [2.05, 4.69) is 162 Å². The van der Waals surface area contributed by atoms with E-state index in [0.29, 0.717) is 0 Å². The molecule has 0 amide bonds. The lowest BCUT2D eigenvalue weighted by atomic mass is 9.70. The fourth-order valence-corrected chi connectivity index (χ4v) is 18.7. The molecule has 11 rings (SSSR count). The van der Waals surface area contributed by atoms with Crippen molar-refractivity contribution in [2.45, 2.75) is 284 Å². The predicted molar refractivity (Wildman–Crippen MR) is 392 cm³/mol. The minimum absolute atomic E-state index is 0.0412. The molecule has 0 N–H and O–H groups in total. The van der Waals surface area contributed by atoms with Gasteiger partial charge in [-0.3, -0.25) is 0 Å². The van der Waals surface area contributed by atoms with Gasteiger partial charge in [0.05, 0.1) is 42.9 Å². The Hall–Kier alpha value is -5.36. The van der Waals surface area contributed by atoms with Crippen LogP contribution in [0, 0.1) is 13.8 Å². The topological polar surface area (TPSA) is 30.7 Å². The lowest BCUT2D eigenvalue weighted by molar-refractivity contribution is 0.398. The van der Waals surface area contributed by atoms with Crippen molar-refractivity contribution in [2.75, 3.05) is 0 Å². The summed E-state index contributed by atoms with van der Waals surface area (Å²) in [6, 6.07) is 44.0. The highest BCUT2D eigenvalue weighted by atomic mass is 32.1. The predicted octanol–water partition coefficient (Wildman–Crippen LogP) is 27.4. The van der Waals surface area contributed by atoms with Gasteiger partial charge in [-0.2, -0.15) is 0 Å². The number of hydrogen-bond acceptors (Lipinski definition) is 4. The molecular formula is C84H109N3S2. The Labute approximate surface area is 546 Å². The Morgan fingerprint density at radius 1 is 0.348 bits per heavy atom. The smallest absolute Gasteiger partial charge is 0.0984 e. The molecule has 0 fully saturated rings. The number of unbranched alkanes of at least 4 members (excludes halogenated alkanes) is 25. The number of benzene rings is 5. The highest BCUT2D eigenvalue weighted by molar-refractivity contribution is 7.29. The molecule has 0 aliphatic heterocycles. The number of fused-ring (bicyclic) bond motifs is 10. The molecule has 0 saturated heterocycles. The van der Waals surface area contributed by atoms with E-state index in [9.17, 15) is 0 Å². The molecule has 2 aliphatic rings. The summed E-state index contributed by atoms with van der Waals surface area (Å²) in [5.74, 6) is 0. The molecule has 0 unspecified atom stereocenters. The molecule has 9 aromatic rings. The van der Waals surface area contributed by atoms with Gasteiger partial charge < -0.3 is 4.57 Å². The summed E-state index contributed by atoms with van der Waals surface area (Å²) in [5, 5.41) is 0. The SMILES string of the molecule is CCCCCCCCn1c2cc(C)sc2c2sc(-c3ccc(C)c4nc(-c5ccc6c(c5)C(CCCCCCCC)(CCCCCCCC)c5ccccc5-6)c(-c5ccc6c(c5)C(CCCCCCCC)(CCCCCCCC)c5ccccc5-6)nc34)cc21. The zero-order valence-corrected chi connectivity index (χ0v) is 57.9. The third-order valence-corrected chi connectivity index (χ3v) is 23.6. The monoisotopic (exact) mass is 1220 g/mol. The van der Waals surface area contributed by atoms with Crippen molar-refractivity contribution < 1.29 is 0 Å². The molecule has 0 bridgehead atoms. The Balaban J connectivity index is 1.09. The minimum Gasteiger partial charge on any atom is -0.339 e. The maximum Gasteiger partial charge on any atom is 0.0984 e. The van der Waals surface area contributed by atoms with E-state index >= 15 is 0 Å². The van der Waals surface area contributed by atoms with Crippen LogP contribution in [0.1, 0.15) is 286 Å². The van der Waals surface area contributed by atoms with Gasteiger partial charge in [-0.05, 0) is 120 Å². The third-order valence-electron chi connectivity index (χ3n) is 21.3. The van der Waals surface area contributed by atoms with Crippen LogP contribution >= 0.6 is 22.7 Å². The second-order valence-electron chi connectivity index (χ2n) is 27.7. The van der Waals surface area contributed by atoms with Crippen LogP contribution in [0.25, 0.3) is 86.7 Å². The van der Waals surface area contributed by atoms with Crippen molar-refractivity contribution in [2.24, 2.45) is 0 Å². The molecule has 472 valence electrons. The fourth-order valence-electron chi connectivity index (χ4n) is 16.4. The largest absolute Gasteiger partial charge is 0.339 e. The lowest BCUT2D eigenvalue weighted by Crippen LogP contribution is -2.25. The van der Waals surface area contributed by atoms with E-state index in [1.165, 1.54) is 304 Å². The summed E-state index contributed by atoms with van der Waals surface area (Å²) < 4.78 is 5.53. The fraction of sp³-hybridized carbons (Fsp3) is 0.524. The summed E-state index contributed by atoms with van der Waals surface area (Å²) in [4.78, 5) is 15.0. The number of aromatic nitrogens is 3. The Kier molecular flexibility index (Phi) is 22.9. The van der Waals surface area contributed by atoms with Gasteiger partial charge >= 0.3 is 0 Å². The van der Waals surface area contributed by atoms with Crippen molar-refractivity contribution in [3.8, 4) is 55.2 Å². The van der Waals surface area contributed by atoms with E-state index in [0.717, 1.165) is 29.0 Å². The maximum absolute atomic E-state index is 6.20. The normalized spacial score (nSPS) is 13.7. The van der Waals surface area contributed by atoms with Crippen LogP contribution in [0.15, 0.2) is 109 Å². The second kappa shape index (κ2) is 31.3. The van der Waals surface area contributed by atoms with E-state index in [1.807, 2.05) is 22.7 Å². The van der Waals surface area contributed by atoms with Crippen molar-refractivity contribution >= 4 is 54.1 Å². The molecule has 89 heavy (non-hydrogen) atoms. The molecule has 0 saturated carbocycles. The van der Waals surface area contributed by atoms with E-state index in [1.54, 1.807) is 11.1 Å². The summed E-state index contributed by atoms with van der Waals surface area (Å²) in [5.41, 5.74) is 23.5. The maximum atomic E-state index is 6.20. The van der Waals surface area contributed by atoms with Crippen LogP contribution in [-0.4, -0.2) is 14.5 Å². The molecule has 5 aromatic carbocycles. The van der Waals surface area contributed by atoms with Crippen LogP contribution in [0.3, 0.4) is 0 Å². The van der Waals surface area contributed by atoms with Crippen LogP contribution < -0.4 is 0 Å². The summed E-state index contributed by atoms with van der Waals surface area (Å²) in [6.07, 6.45) is 44.0. The Morgan fingerprint density at radius 2 is 0.730 bits per heavy atom. The van der Waals surface area contributed by atoms with Gasteiger partial charge in [-0.15, -0.1) is 22.7 Å². The summed E-state index contributed by atoms with van der Waals surface area (Å²) in [6.45, 7) is 17.3. The molecule has 2 aliphatic carbocycles. The molecule has 0 atom stereocenters. The van der Waals surface area contributed by atoms with Gasteiger partial charge in [0.25, 0.3) is 0 Å². The first-order valence-corrected chi connectivity index (χ1v) is 38.3. The van der Waals surface area contributed by atoms with Gasteiger partial charge in [-0.1, -0.05) is 306 Å². The van der Waals surface area contributed by atoms with Crippen LogP contribution in [-0.2, 0) is 17.4 Å². The van der Waals surface area contributed by atoms with Gasteiger partial charge in [0, 0.05) is 43.8 Å². The summed E-state index contributed by atoms with van der Waals surface area (Å²) in [7, 11) is 0. The second-order valence-corrected chi connectivity index (χ2v) is 30.0. The minimum atomic E-state index is -0.0480. The van der Waals surface area contributed by atoms with Gasteiger partial charge in [-0.25, -0.2) is 9.97 Å². The van der Waals surface area contributed by atoms with Gasteiger partial charge in [0.1, 0.15) is 0 Å². The number of rotatable bonds is 38. The van der Waals surface area contributed by atoms with Crippen molar-refractivity contribution in [1.82, 2.24) is 14.5 Å². The number of thiophene rings is 2. The molecule has 5 heteroatoms. The standard InChI is InChI=1S/C84H109N3S2/c1-8-13-18-23-28-37-52-83(53-38-29-24-19-14-9-2)70-44-35-33-42-65(70)67-50-47-63(58-72(67)83)78-79(64-48-51-68-66-43-34-36-45-71(66)84(73(68)59-64,54-39-30-25-20-15-10-3)55-40-31-26-21-16-11-4)86-80-69(49-46-61(6)77(80)85-78)76-60-75-82(89-76)81-74(57-62(7)88-81)87(75)56-41-32-27-22-17-12-5/h33-36,42-51,57-60H,8-32,37-41,52-56H2,1-7H3.